The first kappa shape index (κ1) is 20.3. The number of nitrogens with zero attached hydrogens (tertiary/aromatic N) is 3. The number of likely N-dealkylation sites (N-methyl/N-ethyl adjacent to an activating group) is 1. The van der Waals surface area contributed by atoms with Gasteiger partial charge in [-0.25, -0.2) is 0 Å². The van der Waals surface area contributed by atoms with Crippen LogP contribution in [0.5, 0.6) is 0 Å². The Bertz CT molecular complexity index is 911. The van der Waals surface area contributed by atoms with Crippen molar-refractivity contribution in [2.24, 2.45) is 0 Å². The molecule has 0 spiro atoms. The lowest BCUT2D eigenvalue weighted by molar-refractivity contribution is -0.121. The molecule has 1 N–H and O–H groups in total. The molecule has 0 radical (unpaired) electrons. The van der Waals surface area contributed by atoms with E-state index < -0.39 is 0 Å². The Morgan fingerprint density at radius 1 is 0.967 bits per heavy atom. The fraction of sp³-hybridized carbons (Fsp3) is 0.333. The first-order chi connectivity index (χ1) is 14.5. The van der Waals surface area contributed by atoms with E-state index in [-0.39, 0.29) is 18.4 Å². The summed E-state index contributed by atoms with van der Waals surface area (Å²) in [5.74, 6) is -0.363. The van der Waals surface area contributed by atoms with E-state index in [1.165, 1.54) is 10.5 Å². The van der Waals surface area contributed by atoms with Crippen LogP contribution in [0.25, 0.3) is 5.70 Å². The van der Waals surface area contributed by atoms with E-state index in [9.17, 15) is 9.59 Å². The third-order valence-corrected chi connectivity index (χ3v) is 5.86. The number of piperazine rings is 1. The lowest BCUT2D eigenvalue weighted by Gasteiger charge is -2.32. The molecule has 2 aliphatic rings. The lowest BCUT2D eigenvalue weighted by atomic mass is 10.1. The summed E-state index contributed by atoms with van der Waals surface area (Å²) >= 11 is 0. The summed E-state index contributed by atoms with van der Waals surface area (Å²) in [6, 6.07) is 15.7. The van der Waals surface area contributed by atoms with Crippen molar-refractivity contribution < 1.29 is 9.59 Å². The number of fused-ring (bicyclic) bond motifs is 1. The average Bonchev–Trinajstić information content (AvgIpc) is 3.00. The number of carbonyl (C=O) groups excluding carboxylic acids is 2. The molecule has 2 aliphatic heterocycles. The third kappa shape index (κ3) is 4.45. The van der Waals surface area contributed by atoms with Crippen molar-refractivity contribution in [2.75, 3.05) is 39.8 Å². The van der Waals surface area contributed by atoms with Crippen molar-refractivity contribution >= 4 is 17.5 Å². The molecule has 2 amide bonds. The SMILES string of the molecule is C=C1c2ccccc2C(=O)N1CC(=O)NCc1ccc(CN2CCN(C)CC2)cc1. The van der Waals surface area contributed by atoms with Crippen LogP contribution in [0, 0.1) is 0 Å². The Balaban J connectivity index is 1.26. The standard InChI is InChI=1S/C24H28N4O2/c1-18-21-5-3-4-6-22(21)24(30)28(18)17-23(29)25-15-19-7-9-20(10-8-19)16-27-13-11-26(2)12-14-27/h3-10H,1,11-17H2,2H3,(H,25,29). The summed E-state index contributed by atoms with van der Waals surface area (Å²) in [6.45, 7) is 9.77. The van der Waals surface area contributed by atoms with E-state index in [1.807, 2.05) is 18.2 Å². The molecular weight excluding hydrogens is 376 g/mol. The summed E-state index contributed by atoms with van der Waals surface area (Å²) in [5.41, 5.74) is 4.31. The van der Waals surface area contributed by atoms with Gasteiger partial charge in [0.2, 0.25) is 5.91 Å². The summed E-state index contributed by atoms with van der Waals surface area (Å²) in [5, 5.41) is 2.91. The molecule has 2 aromatic rings. The van der Waals surface area contributed by atoms with Crippen LogP contribution in [0.3, 0.4) is 0 Å². The Labute approximate surface area is 177 Å². The number of hydrogen-bond donors (Lipinski definition) is 1. The molecule has 0 aliphatic carbocycles. The maximum Gasteiger partial charge on any atom is 0.259 e. The molecule has 0 aromatic heterocycles. The number of benzene rings is 2. The molecule has 1 saturated heterocycles. The second-order valence-corrected chi connectivity index (χ2v) is 8.06. The predicted molar refractivity (Wildman–Crippen MR) is 118 cm³/mol. The van der Waals surface area contributed by atoms with Crippen LogP contribution >= 0.6 is 0 Å². The monoisotopic (exact) mass is 404 g/mol. The van der Waals surface area contributed by atoms with Crippen molar-refractivity contribution in [1.29, 1.82) is 0 Å². The summed E-state index contributed by atoms with van der Waals surface area (Å²) in [4.78, 5) is 31.2. The van der Waals surface area contributed by atoms with Gasteiger partial charge in [-0.05, 0) is 24.2 Å². The van der Waals surface area contributed by atoms with Crippen LogP contribution in [0.1, 0.15) is 27.0 Å². The zero-order valence-electron chi connectivity index (χ0n) is 17.4. The quantitative estimate of drug-likeness (QED) is 0.802. The van der Waals surface area contributed by atoms with Crippen LogP contribution in [-0.4, -0.2) is 66.3 Å². The fourth-order valence-corrected chi connectivity index (χ4v) is 3.93. The van der Waals surface area contributed by atoms with Gasteiger partial charge < -0.3 is 10.2 Å². The Morgan fingerprint density at radius 3 is 2.27 bits per heavy atom. The highest BCUT2D eigenvalue weighted by atomic mass is 16.2. The Hall–Kier alpha value is -2.96. The molecule has 0 saturated carbocycles. The normalized spacial score (nSPS) is 17.3. The molecule has 0 unspecified atom stereocenters. The molecule has 6 nitrogen and oxygen atoms in total. The van der Waals surface area contributed by atoms with Gasteiger partial charge in [-0.2, -0.15) is 0 Å². The molecule has 0 bridgehead atoms. The van der Waals surface area contributed by atoms with E-state index in [0.29, 0.717) is 17.8 Å². The van der Waals surface area contributed by atoms with Crippen LogP contribution < -0.4 is 5.32 Å². The van der Waals surface area contributed by atoms with Gasteiger partial charge in [0.05, 0.1) is 0 Å². The van der Waals surface area contributed by atoms with Crippen LogP contribution in [0.4, 0.5) is 0 Å². The van der Waals surface area contributed by atoms with E-state index in [2.05, 4.69) is 53.0 Å². The zero-order valence-corrected chi connectivity index (χ0v) is 17.4. The number of nitrogens with one attached hydrogen (secondary N) is 1. The number of carbonyl (C=O) groups is 2. The molecule has 6 heteroatoms. The summed E-state index contributed by atoms with van der Waals surface area (Å²) in [6.07, 6.45) is 0. The molecule has 2 aromatic carbocycles. The highest BCUT2D eigenvalue weighted by Crippen LogP contribution is 2.30. The van der Waals surface area contributed by atoms with E-state index in [1.54, 1.807) is 6.07 Å². The lowest BCUT2D eigenvalue weighted by Crippen LogP contribution is -2.43. The van der Waals surface area contributed by atoms with Crippen LogP contribution in [0.15, 0.2) is 55.1 Å². The topological polar surface area (TPSA) is 55.9 Å². The van der Waals surface area contributed by atoms with E-state index >= 15 is 0 Å². The van der Waals surface area contributed by atoms with Crippen LogP contribution in [0.2, 0.25) is 0 Å². The van der Waals surface area contributed by atoms with Crippen molar-refractivity contribution in [3.63, 3.8) is 0 Å². The van der Waals surface area contributed by atoms with Gasteiger partial charge in [-0.1, -0.05) is 49.0 Å². The van der Waals surface area contributed by atoms with E-state index in [0.717, 1.165) is 43.9 Å². The van der Waals surface area contributed by atoms with Gasteiger partial charge in [-0.3, -0.25) is 19.4 Å². The molecule has 0 atom stereocenters. The minimum absolute atomic E-state index is 0.0200. The predicted octanol–water partition coefficient (Wildman–Crippen LogP) is 2.18. The fourth-order valence-electron chi connectivity index (χ4n) is 3.93. The molecule has 2 heterocycles. The summed E-state index contributed by atoms with van der Waals surface area (Å²) < 4.78 is 0. The van der Waals surface area contributed by atoms with Crippen LogP contribution in [-0.2, 0) is 17.9 Å². The average molecular weight is 405 g/mol. The van der Waals surface area contributed by atoms with Gasteiger partial charge in [0, 0.05) is 56.1 Å². The van der Waals surface area contributed by atoms with Gasteiger partial charge in [0.15, 0.2) is 0 Å². The minimum atomic E-state index is -0.196. The molecule has 1 fully saturated rings. The van der Waals surface area contributed by atoms with Gasteiger partial charge in [0.25, 0.3) is 5.91 Å². The smallest absolute Gasteiger partial charge is 0.259 e. The largest absolute Gasteiger partial charge is 0.350 e. The van der Waals surface area contributed by atoms with Gasteiger partial charge in [-0.15, -0.1) is 0 Å². The Morgan fingerprint density at radius 2 is 1.60 bits per heavy atom. The second kappa shape index (κ2) is 8.81. The highest BCUT2D eigenvalue weighted by Gasteiger charge is 2.31. The Kier molecular flexibility index (Phi) is 5.97. The maximum atomic E-state index is 12.5. The van der Waals surface area contributed by atoms with Gasteiger partial charge in [0.1, 0.15) is 6.54 Å². The second-order valence-electron chi connectivity index (χ2n) is 8.06. The minimum Gasteiger partial charge on any atom is -0.350 e. The van der Waals surface area contributed by atoms with Crippen molar-refractivity contribution in [3.05, 3.63) is 77.4 Å². The molecule has 4 rings (SSSR count). The number of hydrogen-bond acceptors (Lipinski definition) is 4. The van der Waals surface area contributed by atoms with E-state index in [4.69, 9.17) is 0 Å². The zero-order chi connectivity index (χ0) is 21.1. The highest BCUT2D eigenvalue weighted by molar-refractivity contribution is 6.10. The number of amides is 2. The summed E-state index contributed by atoms with van der Waals surface area (Å²) in [7, 11) is 2.16. The molecule has 30 heavy (non-hydrogen) atoms. The maximum absolute atomic E-state index is 12.5. The molecular formula is C24H28N4O2. The van der Waals surface area contributed by atoms with Crippen molar-refractivity contribution in [3.8, 4) is 0 Å². The first-order valence-electron chi connectivity index (χ1n) is 10.4. The van der Waals surface area contributed by atoms with Gasteiger partial charge >= 0.3 is 0 Å². The number of rotatable bonds is 6. The van der Waals surface area contributed by atoms with Crippen molar-refractivity contribution in [1.82, 2.24) is 20.0 Å². The third-order valence-electron chi connectivity index (χ3n) is 5.86. The first-order valence-corrected chi connectivity index (χ1v) is 10.4. The van der Waals surface area contributed by atoms with Crippen molar-refractivity contribution in [2.45, 2.75) is 13.1 Å². The molecule has 156 valence electrons.